The van der Waals surface area contributed by atoms with Crippen LogP contribution >= 0.6 is 11.8 Å². The van der Waals surface area contributed by atoms with Crippen LogP contribution in [0.1, 0.15) is 12.5 Å². The van der Waals surface area contributed by atoms with Gasteiger partial charge in [-0.25, -0.2) is 4.98 Å². The van der Waals surface area contributed by atoms with E-state index in [0.29, 0.717) is 23.4 Å². The van der Waals surface area contributed by atoms with Crippen molar-refractivity contribution in [1.29, 1.82) is 0 Å². The normalized spacial score (nSPS) is 10.7. The molecule has 0 fully saturated rings. The Labute approximate surface area is 155 Å². The maximum absolute atomic E-state index is 12.5. The first kappa shape index (κ1) is 18.0. The van der Waals surface area contributed by atoms with Gasteiger partial charge >= 0.3 is 0 Å². The minimum atomic E-state index is -0.194. The number of nitrogens with one attached hydrogen (secondary N) is 2. The van der Waals surface area contributed by atoms with Gasteiger partial charge in [0.15, 0.2) is 0 Å². The predicted octanol–water partition coefficient (Wildman–Crippen LogP) is 2.96. The molecule has 0 unspecified atom stereocenters. The predicted molar refractivity (Wildman–Crippen MR) is 105 cm³/mol. The lowest BCUT2D eigenvalue weighted by Crippen LogP contribution is -2.35. The van der Waals surface area contributed by atoms with Crippen LogP contribution < -0.4 is 16.4 Å². The van der Waals surface area contributed by atoms with E-state index >= 15 is 0 Å². The Morgan fingerprint density at radius 3 is 2.62 bits per heavy atom. The molecule has 3 rings (SSSR count). The summed E-state index contributed by atoms with van der Waals surface area (Å²) in [6.07, 6.45) is 0. The molecule has 0 radical (unpaired) electrons. The summed E-state index contributed by atoms with van der Waals surface area (Å²) in [4.78, 5) is 30.1. The Morgan fingerprint density at radius 2 is 1.88 bits per heavy atom. The number of hydrogen-bond donors (Lipinski definition) is 2. The van der Waals surface area contributed by atoms with Crippen LogP contribution in [0.4, 0.5) is 5.95 Å². The van der Waals surface area contributed by atoms with Gasteiger partial charge in [0, 0.05) is 11.4 Å². The van der Waals surface area contributed by atoms with Crippen LogP contribution in [0.2, 0.25) is 0 Å². The summed E-state index contributed by atoms with van der Waals surface area (Å²) in [6, 6.07) is 15.2. The molecule has 0 aliphatic rings. The lowest BCUT2D eigenvalue weighted by Gasteiger charge is -2.14. The molecule has 0 bridgehead atoms. The second-order valence-electron chi connectivity index (χ2n) is 5.78. The SMILES string of the molecule is CCn1c(NNC(=O)CSc2ccc(C)cc2)nc2ccccc2c1=O. The van der Waals surface area contributed by atoms with Crippen LogP contribution in [0.5, 0.6) is 0 Å². The Kier molecular flexibility index (Phi) is 5.58. The van der Waals surface area contributed by atoms with Gasteiger partial charge in [-0.05, 0) is 38.1 Å². The number of aryl methyl sites for hydroxylation is 1. The fraction of sp³-hybridized carbons (Fsp3) is 0.211. The van der Waals surface area contributed by atoms with Crippen molar-refractivity contribution in [3.05, 3.63) is 64.4 Å². The number of aromatic nitrogens is 2. The van der Waals surface area contributed by atoms with Crippen molar-refractivity contribution in [2.24, 2.45) is 0 Å². The van der Waals surface area contributed by atoms with E-state index in [2.05, 4.69) is 15.8 Å². The summed E-state index contributed by atoms with van der Waals surface area (Å²) < 4.78 is 1.50. The fourth-order valence-corrected chi connectivity index (χ4v) is 3.20. The van der Waals surface area contributed by atoms with Gasteiger partial charge in [0.2, 0.25) is 11.9 Å². The van der Waals surface area contributed by atoms with Crippen molar-refractivity contribution in [3.8, 4) is 0 Å². The number of carbonyl (C=O) groups is 1. The topological polar surface area (TPSA) is 76.0 Å². The second-order valence-corrected chi connectivity index (χ2v) is 6.83. The zero-order valence-corrected chi connectivity index (χ0v) is 15.5. The first-order valence-corrected chi connectivity index (χ1v) is 9.31. The van der Waals surface area contributed by atoms with Gasteiger partial charge in [-0.15, -0.1) is 11.8 Å². The standard InChI is InChI=1S/C19H20N4O2S/c1-3-23-18(25)15-6-4-5-7-16(15)20-19(23)22-21-17(24)12-26-14-10-8-13(2)9-11-14/h4-11H,3,12H2,1-2H3,(H,20,22)(H,21,24). The third-order valence-corrected chi connectivity index (χ3v) is 4.89. The van der Waals surface area contributed by atoms with E-state index in [1.807, 2.05) is 50.2 Å². The van der Waals surface area contributed by atoms with Gasteiger partial charge in [-0.2, -0.15) is 0 Å². The summed E-state index contributed by atoms with van der Waals surface area (Å²) in [5.41, 5.74) is 7.03. The highest BCUT2D eigenvalue weighted by Gasteiger charge is 2.10. The summed E-state index contributed by atoms with van der Waals surface area (Å²) in [5, 5.41) is 0.557. The van der Waals surface area contributed by atoms with Crippen molar-refractivity contribution >= 4 is 34.5 Å². The molecule has 1 heterocycles. The molecule has 134 valence electrons. The molecule has 6 nitrogen and oxygen atoms in total. The van der Waals surface area contributed by atoms with E-state index in [0.717, 1.165) is 4.90 Å². The average molecular weight is 368 g/mol. The van der Waals surface area contributed by atoms with Crippen LogP contribution in [-0.2, 0) is 11.3 Å². The first-order valence-electron chi connectivity index (χ1n) is 8.32. The van der Waals surface area contributed by atoms with Crippen molar-refractivity contribution in [2.45, 2.75) is 25.3 Å². The van der Waals surface area contributed by atoms with Gasteiger partial charge in [0.25, 0.3) is 5.56 Å². The summed E-state index contributed by atoms with van der Waals surface area (Å²) >= 11 is 1.45. The molecular weight excluding hydrogens is 348 g/mol. The minimum absolute atomic E-state index is 0.135. The third-order valence-electron chi connectivity index (χ3n) is 3.88. The lowest BCUT2D eigenvalue weighted by atomic mass is 10.2. The number of anilines is 1. The largest absolute Gasteiger partial charge is 0.277 e. The Bertz CT molecular complexity index is 983. The van der Waals surface area contributed by atoms with Crippen LogP contribution in [0.25, 0.3) is 10.9 Å². The Morgan fingerprint density at radius 1 is 1.15 bits per heavy atom. The number of nitrogens with zero attached hydrogens (tertiary/aromatic N) is 2. The Balaban J connectivity index is 1.68. The highest BCUT2D eigenvalue weighted by molar-refractivity contribution is 8.00. The molecule has 3 aromatic rings. The van der Waals surface area contributed by atoms with Crippen LogP contribution in [0.3, 0.4) is 0 Å². The number of para-hydroxylation sites is 1. The molecule has 0 aliphatic carbocycles. The van der Waals surface area contributed by atoms with Crippen molar-refractivity contribution in [1.82, 2.24) is 15.0 Å². The van der Waals surface area contributed by atoms with E-state index in [-0.39, 0.29) is 17.2 Å². The molecule has 2 N–H and O–H groups in total. The molecule has 0 saturated heterocycles. The Hall–Kier alpha value is -2.80. The van der Waals surface area contributed by atoms with E-state index in [1.165, 1.54) is 21.9 Å². The van der Waals surface area contributed by atoms with E-state index in [1.54, 1.807) is 12.1 Å². The summed E-state index contributed by atoms with van der Waals surface area (Å²) in [6.45, 7) is 4.33. The highest BCUT2D eigenvalue weighted by Crippen LogP contribution is 2.17. The zero-order valence-electron chi connectivity index (χ0n) is 14.7. The van der Waals surface area contributed by atoms with Crippen LogP contribution in [0, 0.1) is 6.92 Å². The molecule has 0 saturated carbocycles. The minimum Gasteiger partial charge on any atom is -0.277 e. The molecule has 0 spiro atoms. The van der Waals surface area contributed by atoms with Crippen molar-refractivity contribution in [3.63, 3.8) is 0 Å². The number of fused-ring (bicyclic) bond motifs is 1. The molecule has 0 aliphatic heterocycles. The number of hydrazine groups is 1. The van der Waals surface area contributed by atoms with E-state index in [9.17, 15) is 9.59 Å². The number of hydrogen-bond acceptors (Lipinski definition) is 5. The maximum atomic E-state index is 12.5. The number of benzene rings is 2. The molecule has 0 atom stereocenters. The summed E-state index contributed by atoms with van der Waals surface area (Å²) in [7, 11) is 0. The van der Waals surface area contributed by atoms with E-state index in [4.69, 9.17) is 0 Å². The molecule has 26 heavy (non-hydrogen) atoms. The molecule has 1 amide bonds. The average Bonchev–Trinajstić information content (AvgIpc) is 2.66. The third kappa shape index (κ3) is 4.05. The van der Waals surface area contributed by atoms with E-state index < -0.39 is 0 Å². The molecule has 7 heteroatoms. The van der Waals surface area contributed by atoms with Crippen LogP contribution in [-0.4, -0.2) is 21.2 Å². The number of carbonyl (C=O) groups excluding carboxylic acids is 1. The second kappa shape index (κ2) is 8.05. The van der Waals surface area contributed by atoms with Crippen molar-refractivity contribution in [2.75, 3.05) is 11.2 Å². The quantitative estimate of drug-likeness (QED) is 0.517. The van der Waals surface area contributed by atoms with Gasteiger partial charge in [0.05, 0.1) is 16.7 Å². The number of thioether (sulfide) groups is 1. The number of rotatable bonds is 6. The lowest BCUT2D eigenvalue weighted by molar-refractivity contribution is -0.118. The van der Waals surface area contributed by atoms with Gasteiger partial charge in [0.1, 0.15) is 0 Å². The monoisotopic (exact) mass is 368 g/mol. The molecule has 1 aromatic heterocycles. The highest BCUT2D eigenvalue weighted by atomic mass is 32.2. The van der Waals surface area contributed by atoms with Gasteiger partial charge < -0.3 is 0 Å². The maximum Gasteiger partial charge on any atom is 0.262 e. The van der Waals surface area contributed by atoms with Crippen molar-refractivity contribution < 1.29 is 4.79 Å². The van der Waals surface area contributed by atoms with Crippen LogP contribution in [0.15, 0.2) is 58.2 Å². The zero-order chi connectivity index (χ0) is 18.5. The summed E-state index contributed by atoms with van der Waals surface area (Å²) in [5.74, 6) is 0.394. The smallest absolute Gasteiger partial charge is 0.262 e. The molecular formula is C19H20N4O2S. The first-order chi connectivity index (χ1) is 12.6. The fourth-order valence-electron chi connectivity index (χ4n) is 2.50. The van der Waals surface area contributed by atoms with Gasteiger partial charge in [-0.3, -0.25) is 25.0 Å². The van der Waals surface area contributed by atoms with Gasteiger partial charge in [-0.1, -0.05) is 29.8 Å². The number of amides is 1. The molecule has 2 aromatic carbocycles.